The maximum absolute atomic E-state index is 13.2. The molecule has 0 saturated carbocycles. The number of hydrogen-bond acceptors (Lipinski definition) is 7. The molecule has 166 valence electrons. The van der Waals surface area contributed by atoms with Crippen molar-refractivity contribution in [3.8, 4) is 5.75 Å². The van der Waals surface area contributed by atoms with E-state index in [1.807, 2.05) is 42.6 Å². The van der Waals surface area contributed by atoms with Crippen LogP contribution in [0.3, 0.4) is 0 Å². The van der Waals surface area contributed by atoms with Gasteiger partial charge in [-0.25, -0.2) is 4.98 Å². The van der Waals surface area contributed by atoms with Gasteiger partial charge in [-0.05, 0) is 48.7 Å². The molecular weight excluding hydrogens is 480 g/mol. The van der Waals surface area contributed by atoms with Crippen LogP contribution in [0.1, 0.15) is 23.4 Å². The number of hydrogen-bond donors (Lipinski definition) is 1. The summed E-state index contributed by atoms with van der Waals surface area (Å²) in [6.07, 6.45) is 0. The molecule has 2 aromatic heterocycles. The van der Waals surface area contributed by atoms with Crippen LogP contribution in [-0.2, 0) is 9.59 Å². The summed E-state index contributed by atoms with van der Waals surface area (Å²) in [6.45, 7) is 2.44. The lowest BCUT2D eigenvalue weighted by Crippen LogP contribution is -2.28. The normalized spacial score (nSPS) is 17.8. The van der Waals surface area contributed by atoms with E-state index < -0.39 is 17.7 Å². The number of ether oxygens (including phenoxy) is 1. The summed E-state index contributed by atoms with van der Waals surface area (Å²) in [5.74, 6) is -1.06. The lowest BCUT2D eigenvalue weighted by atomic mass is 10.00. The monoisotopic (exact) mass is 496 g/mol. The van der Waals surface area contributed by atoms with Gasteiger partial charge in [0, 0.05) is 15.5 Å². The molecule has 1 atom stereocenters. The van der Waals surface area contributed by atoms with Gasteiger partial charge in [-0.3, -0.25) is 14.5 Å². The standard InChI is InChI=1S/C24H17ClN2O4S2/c1-2-31-15-8-9-16-18(12-15)33-24(26-16)27-20(17-7-4-10-32-17)19(22(29)23(27)30)21(28)13-5-3-6-14(25)11-13/h3-12,20,28H,2H2,1H3/b21-19+. The van der Waals surface area contributed by atoms with Gasteiger partial charge < -0.3 is 9.84 Å². The predicted molar refractivity (Wildman–Crippen MR) is 131 cm³/mol. The van der Waals surface area contributed by atoms with E-state index >= 15 is 0 Å². The van der Waals surface area contributed by atoms with E-state index in [0.717, 1.165) is 9.58 Å². The van der Waals surface area contributed by atoms with Crippen LogP contribution in [0.25, 0.3) is 16.0 Å². The zero-order valence-corrected chi connectivity index (χ0v) is 19.7. The number of thiophene rings is 1. The van der Waals surface area contributed by atoms with Crippen LogP contribution >= 0.6 is 34.3 Å². The summed E-state index contributed by atoms with van der Waals surface area (Å²) in [4.78, 5) is 33.1. The van der Waals surface area contributed by atoms with E-state index in [1.165, 1.54) is 27.6 Å². The highest BCUT2D eigenvalue weighted by Crippen LogP contribution is 2.45. The molecule has 0 spiro atoms. The molecule has 0 bridgehead atoms. The van der Waals surface area contributed by atoms with Gasteiger partial charge in [-0.15, -0.1) is 11.3 Å². The van der Waals surface area contributed by atoms with Crippen molar-refractivity contribution in [1.82, 2.24) is 4.98 Å². The maximum atomic E-state index is 13.2. The summed E-state index contributed by atoms with van der Waals surface area (Å²) in [5, 5.41) is 13.8. The van der Waals surface area contributed by atoms with Crippen LogP contribution in [0.15, 0.2) is 65.6 Å². The third kappa shape index (κ3) is 3.80. The summed E-state index contributed by atoms with van der Waals surface area (Å²) >= 11 is 8.78. The van der Waals surface area contributed by atoms with Gasteiger partial charge in [0.25, 0.3) is 5.78 Å². The molecule has 33 heavy (non-hydrogen) atoms. The summed E-state index contributed by atoms with van der Waals surface area (Å²) < 4.78 is 6.40. The molecule has 1 unspecified atom stereocenters. The van der Waals surface area contributed by atoms with Gasteiger partial charge in [0.2, 0.25) is 0 Å². The molecule has 2 aromatic carbocycles. The molecule has 1 saturated heterocycles. The number of fused-ring (bicyclic) bond motifs is 1. The SMILES string of the molecule is CCOc1ccc2nc(N3C(=O)C(=O)/C(=C(/O)c4cccc(Cl)c4)C3c3cccs3)sc2c1. The van der Waals surface area contributed by atoms with Crippen molar-refractivity contribution < 1.29 is 19.4 Å². The largest absolute Gasteiger partial charge is 0.507 e. The molecule has 0 aliphatic carbocycles. The highest BCUT2D eigenvalue weighted by molar-refractivity contribution is 7.22. The van der Waals surface area contributed by atoms with Crippen molar-refractivity contribution in [2.75, 3.05) is 11.5 Å². The third-order valence-corrected chi connectivity index (χ3v) is 7.40. The topological polar surface area (TPSA) is 79.7 Å². The van der Waals surface area contributed by atoms with Gasteiger partial charge in [-0.1, -0.05) is 41.1 Å². The van der Waals surface area contributed by atoms with Crippen molar-refractivity contribution in [1.29, 1.82) is 0 Å². The number of ketones is 1. The number of aliphatic hydroxyl groups excluding tert-OH is 1. The number of Topliss-reactive ketones (excluding diaryl/α,β-unsaturated/α-hetero) is 1. The van der Waals surface area contributed by atoms with E-state index in [2.05, 4.69) is 4.98 Å². The quantitative estimate of drug-likeness (QED) is 0.207. The molecule has 1 aliphatic heterocycles. The molecule has 3 heterocycles. The molecule has 1 N–H and O–H groups in total. The van der Waals surface area contributed by atoms with Crippen molar-refractivity contribution in [3.05, 3.63) is 81.0 Å². The molecule has 4 aromatic rings. The smallest absolute Gasteiger partial charge is 0.301 e. The first kappa shape index (κ1) is 21.6. The number of benzene rings is 2. The lowest BCUT2D eigenvalue weighted by molar-refractivity contribution is -0.132. The van der Waals surface area contributed by atoms with Gasteiger partial charge >= 0.3 is 5.91 Å². The van der Waals surface area contributed by atoms with E-state index in [-0.39, 0.29) is 11.3 Å². The van der Waals surface area contributed by atoms with Gasteiger partial charge in [0.15, 0.2) is 5.13 Å². The fraction of sp³-hybridized carbons (Fsp3) is 0.125. The van der Waals surface area contributed by atoms with Crippen LogP contribution in [0.2, 0.25) is 5.02 Å². The van der Waals surface area contributed by atoms with Gasteiger partial charge in [0.05, 0.1) is 22.4 Å². The van der Waals surface area contributed by atoms with Crippen molar-refractivity contribution >= 4 is 67.1 Å². The molecule has 6 nitrogen and oxygen atoms in total. The van der Waals surface area contributed by atoms with Crippen molar-refractivity contribution in [2.24, 2.45) is 0 Å². The van der Waals surface area contributed by atoms with Crippen LogP contribution < -0.4 is 9.64 Å². The van der Waals surface area contributed by atoms with Crippen LogP contribution in [0, 0.1) is 0 Å². The fourth-order valence-corrected chi connectivity index (χ4v) is 5.82. The molecule has 1 amide bonds. The summed E-state index contributed by atoms with van der Waals surface area (Å²) in [6, 6.07) is 14.9. The number of carbonyl (C=O) groups is 2. The van der Waals surface area contributed by atoms with Crippen LogP contribution in [0.4, 0.5) is 5.13 Å². The Balaban J connectivity index is 1.67. The van der Waals surface area contributed by atoms with Gasteiger partial charge in [-0.2, -0.15) is 0 Å². The Hall–Kier alpha value is -3.20. The Morgan fingerprint density at radius 2 is 2.03 bits per heavy atom. The fourth-order valence-electron chi connectivity index (χ4n) is 3.79. The Labute approximate surface area is 202 Å². The summed E-state index contributed by atoms with van der Waals surface area (Å²) in [5.41, 5.74) is 1.08. The number of anilines is 1. The minimum Gasteiger partial charge on any atom is -0.507 e. The first-order valence-corrected chi connectivity index (χ1v) is 12.2. The second-order valence-electron chi connectivity index (χ2n) is 7.25. The maximum Gasteiger partial charge on any atom is 0.301 e. The second kappa shape index (κ2) is 8.62. The van der Waals surface area contributed by atoms with E-state index in [1.54, 1.807) is 24.3 Å². The Morgan fingerprint density at radius 1 is 1.18 bits per heavy atom. The van der Waals surface area contributed by atoms with Crippen molar-refractivity contribution in [2.45, 2.75) is 13.0 Å². The number of nitrogens with zero attached hydrogens (tertiary/aromatic N) is 2. The highest BCUT2D eigenvalue weighted by atomic mass is 35.5. The van der Waals surface area contributed by atoms with Crippen LogP contribution in [-0.4, -0.2) is 28.4 Å². The number of rotatable bonds is 5. The number of carbonyl (C=O) groups excluding carboxylic acids is 2. The summed E-state index contributed by atoms with van der Waals surface area (Å²) in [7, 11) is 0. The first-order chi connectivity index (χ1) is 16.0. The molecule has 1 fully saturated rings. The average Bonchev–Trinajstić information content (AvgIpc) is 3.52. The highest BCUT2D eigenvalue weighted by Gasteiger charge is 2.48. The lowest BCUT2D eigenvalue weighted by Gasteiger charge is -2.21. The average molecular weight is 497 g/mol. The molecule has 9 heteroatoms. The number of aliphatic hydroxyl groups is 1. The minimum atomic E-state index is -0.795. The number of thiazole rings is 1. The molecular formula is C24H17ClN2O4S2. The predicted octanol–water partition coefficient (Wildman–Crippen LogP) is 6.04. The van der Waals surface area contributed by atoms with E-state index in [9.17, 15) is 14.7 Å². The molecule has 1 aliphatic rings. The minimum absolute atomic E-state index is 0.0129. The number of aromatic nitrogens is 1. The first-order valence-electron chi connectivity index (χ1n) is 10.1. The zero-order valence-electron chi connectivity index (χ0n) is 17.3. The van der Waals surface area contributed by atoms with E-state index in [4.69, 9.17) is 16.3 Å². The van der Waals surface area contributed by atoms with Crippen molar-refractivity contribution in [3.63, 3.8) is 0 Å². The molecule has 0 radical (unpaired) electrons. The number of amides is 1. The van der Waals surface area contributed by atoms with E-state index in [0.29, 0.717) is 33.6 Å². The van der Waals surface area contributed by atoms with Crippen LogP contribution in [0.5, 0.6) is 5.75 Å². The Kier molecular flexibility index (Phi) is 5.65. The zero-order chi connectivity index (χ0) is 23.1. The number of halogens is 1. The third-order valence-electron chi connectivity index (χ3n) is 5.22. The van der Waals surface area contributed by atoms with Gasteiger partial charge in [0.1, 0.15) is 17.6 Å². The second-order valence-corrected chi connectivity index (χ2v) is 9.68. The Morgan fingerprint density at radius 3 is 2.76 bits per heavy atom. The Bertz CT molecular complexity index is 1410. The molecule has 5 rings (SSSR count).